The molecule has 1 aliphatic heterocycles. The number of amides is 1. The van der Waals surface area contributed by atoms with Crippen molar-refractivity contribution in [1.82, 2.24) is 0 Å². The van der Waals surface area contributed by atoms with Crippen LogP contribution in [0.25, 0.3) is 0 Å². The minimum Gasteiger partial charge on any atom is -0.443 e. The summed E-state index contributed by atoms with van der Waals surface area (Å²) in [5, 5.41) is 0. The minimum atomic E-state index is -3.48. The Kier molecular flexibility index (Phi) is 3.38. The molecule has 7 heteroatoms. The van der Waals surface area contributed by atoms with Crippen LogP contribution in [0, 0.1) is 0 Å². The highest BCUT2D eigenvalue weighted by Crippen LogP contribution is 2.36. The summed E-state index contributed by atoms with van der Waals surface area (Å²) in [6.45, 7) is 5.20. The first-order valence-corrected chi connectivity index (χ1v) is 8.07. The maximum atomic E-state index is 12.0. The van der Waals surface area contributed by atoms with E-state index in [0.29, 0.717) is 10.2 Å². The lowest BCUT2D eigenvalue weighted by molar-refractivity contribution is 0.0587. The van der Waals surface area contributed by atoms with E-state index in [4.69, 9.17) is 4.74 Å². The molecule has 1 aliphatic rings. The largest absolute Gasteiger partial charge is 0.443 e. The number of anilines is 1. The van der Waals surface area contributed by atoms with Gasteiger partial charge in [0, 0.05) is 4.47 Å². The SMILES string of the molecule is CC(C)(C)OC(=O)N1CS(=O)(=O)c2cc(Br)ccc21. The molecule has 0 spiro atoms. The highest BCUT2D eigenvalue weighted by atomic mass is 79.9. The molecule has 0 saturated heterocycles. The summed E-state index contributed by atoms with van der Waals surface area (Å²) in [6.07, 6.45) is -0.655. The van der Waals surface area contributed by atoms with Gasteiger partial charge in [-0.1, -0.05) is 15.9 Å². The lowest BCUT2D eigenvalue weighted by atomic mass is 10.2. The number of carbonyl (C=O) groups excluding carboxylic acids is 1. The molecular formula is C12H14BrNO4S. The van der Waals surface area contributed by atoms with Crippen LogP contribution in [0.3, 0.4) is 0 Å². The second-order valence-corrected chi connectivity index (χ2v) is 8.11. The molecule has 1 aromatic rings. The average molecular weight is 348 g/mol. The molecule has 1 heterocycles. The highest BCUT2D eigenvalue weighted by Gasteiger charge is 2.38. The molecule has 0 unspecified atom stereocenters. The fraction of sp³-hybridized carbons (Fsp3) is 0.417. The molecular weight excluding hydrogens is 334 g/mol. The predicted molar refractivity (Wildman–Crippen MR) is 74.9 cm³/mol. The van der Waals surface area contributed by atoms with Gasteiger partial charge >= 0.3 is 6.09 Å². The van der Waals surface area contributed by atoms with E-state index in [2.05, 4.69) is 15.9 Å². The maximum Gasteiger partial charge on any atom is 0.415 e. The zero-order chi connectivity index (χ0) is 14.4. The summed E-state index contributed by atoms with van der Waals surface area (Å²) >= 11 is 3.22. The van der Waals surface area contributed by atoms with Crippen LogP contribution >= 0.6 is 15.9 Å². The van der Waals surface area contributed by atoms with E-state index < -0.39 is 21.5 Å². The molecule has 2 rings (SSSR count). The first-order valence-electron chi connectivity index (χ1n) is 5.63. The normalized spacial score (nSPS) is 17.2. The summed E-state index contributed by atoms with van der Waals surface area (Å²) in [7, 11) is -3.48. The van der Waals surface area contributed by atoms with Gasteiger partial charge in [0.15, 0.2) is 9.84 Å². The van der Waals surface area contributed by atoms with E-state index >= 15 is 0 Å². The van der Waals surface area contributed by atoms with Crippen molar-refractivity contribution < 1.29 is 17.9 Å². The molecule has 0 fully saturated rings. The van der Waals surface area contributed by atoms with E-state index in [1.54, 1.807) is 32.9 Å². The number of ether oxygens (including phenoxy) is 1. The summed E-state index contributed by atoms with van der Waals surface area (Å²) in [5.41, 5.74) is -0.309. The van der Waals surface area contributed by atoms with Gasteiger partial charge in [0.1, 0.15) is 11.5 Å². The maximum absolute atomic E-state index is 12.0. The fourth-order valence-electron chi connectivity index (χ4n) is 1.74. The Morgan fingerprint density at radius 2 is 2.00 bits per heavy atom. The van der Waals surface area contributed by atoms with E-state index in [0.717, 1.165) is 4.90 Å². The second kappa shape index (κ2) is 4.49. The van der Waals surface area contributed by atoms with Crippen molar-refractivity contribution in [2.75, 3.05) is 10.8 Å². The summed E-state index contributed by atoms with van der Waals surface area (Å²) < 4.78 is 29.9. The minimum absolute atomic E-state index is 0.146. The Morgan fingerprint density at radius 3 is 2.58 bits per heavy atom. The number of carbonyl (C=O) groups is 1. The third-order valence-corrected chi connectivity index (χ3v) is 4.55. The van der Waals surface area contributed by atoms with Crippen LogP contribution in [0.4, 0.5) is 10.5 Å². The van der Waals surface area contributed by atoms with Crippen LogP contribution in [0.5, 0.6) is 0 Å². The van der Waals surface area contributed by atoms with Gasteiger partial charge in [0.25, 0.3) is 0 Å². The number of halogens is 1. The van der Waals surface area contributed by atoms with Gasteiger partial charge in [-0.3, -0.25) is 4.90 Å². The van der Waals surface area contributed by atoms with Crippen molar-refractivity contribution in [3.8, 4) is 0 Å². The molecule has 0 aromatic heterocycles. The first-order chi connectivity index (χ1) is 8.60. The number of benzene rings is 1. The smallest absolute Gasteiger partial charge is 0.415 e. The van der Waals surface area contributed by atoms with Crippen LogP contribution in [0.15, 0.2) is 27.6 Å². The lowest BCUT2D eigenvalue weighted by Crippen LogP contribution is -2.36. The van der Waals surface area contributed by atoms with Crippen LogP contribution < -0.4 is 4.90 Å². The Hall–Kier alpha value is -1.08. The Bertz CT molecular complexity index is 634. The first kappa shape index (κ1) is 14.3. The molecule has 0 N–H and O–H groups in total. The Labute approximate surface area is 120 Å². The van der Waals surface area contributed by atoms with Crippen molar-refractivity contribution >= 4 is 37.5 Å². The Balaban J connectivity index is 2.41. The molecule has 1 amide bonds. The molecule has 1 aromatic carbocycles. The molecule has 0 aliphatic carbocycles. The quantitative estimate of drug-likeness (QED) is 0.723. The molecule has 0 atom stereocenters. The summed E-state index contributed by atoms with van der Waals surface area (Å²) in [6, 6.07) is 4.78. The van der Waals surface area contributed by atoms with Crippen molar-refractivity contribution in [3.63, 3.8) is 0 Å². The zero-order valence-corrected chi connectivity index (χ0v) is 13.2. The van der Waals surface area contributed by atoms with Crippen molar-refractivity contribution in [2.45, 2.75) is 31.3 Å². The van der Waals surface area contributed by atoms with Crippen LogP contribution in [-0.4, -0.2) is 26.0 Å². The Morgan fingerprint density at radius 1 is 1.37 bits per heavy atom. The molecule has 0 radical (unpaired) electrons. The van der Waals surface area contributed by atoms with Crippen LogP contribution in [-0.2, 0) is 14.6 Å². The number of fused-ring (bicyclic) bond motifs is 1. The van der Waals surface area contributed by atoms with Crippen LogP contribution in [0.2, 0.25) is 0 Å². The van der Waals surface area contributed by atoms with Crippen molar-refractivity contribution in [2.24, 2.45) is 0 Å². The van der Waals surface area contributed by atoms with Gasteiger partial charge < -0.3 is 4.74 Å². The highest BCUT2D eigenvalue weighted by molar-refractivity contribution is 9.10. The van der Waals surface area contributed by atoms with Crippen molar-refractivity contribution in [1.29, 1.82) is 0 Å². The lowest BCUT2D eigenvalue weighted by Gasteiger charge is -2.24. The van der Waals surface area contributed by atoms with E-state index in [1.165, 1.54) is 6.07 Å². The molecule has 104 valence electrons. The number of rotatable bonds is 0. The van der Waals surface area contributed by atoms with Crippen LogP contribution in [0.1, 0.15) is 20.8 Å². The van der Waals surface area contributed by atoms with Gasteiger partial charge in [0.2, 0.25) is 0 Å². The third kappa shape index (κ3) is 2.92. The predicted octanol–water partition coefficient (Wildman–Crippen LogP) is 2.94. The second-order valence-electron chi connectivity index (χ2n) is 5.26. The van der Waals surface area contributed by atoms with Gasteiger partial charge in [0.05, 0.1) is 10.6 Å². The standard InChI is InChI=1S/C12H14BrNO4S/c1-12(2,3)18-11(15)14-7-19(16,17)10-6-8(13)4-5-9(10)14/h4-6H,7H2,1-3H3. The fourth-order valence-corrected chi connectivity index (χ4v) is 3.78. The van der Waals surface area contributed by atoms with Gasteiger partial charge in [-0.25, -0.2) is 13.2 Å². The summed E-state index contributed by atoms with van der Waals surface area (Å²) in [5.74, 6) is -0.381. The molecule has 5 nitrogen and oxygen atoms in total. The van der Waals surface area contributed by atoms with E-state index in [9.17, 15) is 13.2 Å². The topological polar surface area (TPSA) is 63.7 Å². The monoisotopic (exact) mass is 347 g/mol. The molecule has 0 saturated carbocycles. The van der Waals surface area contributed by atoms with E-state index in [1.807, 2.05) is 0 Å². The van der Waals surface area contributed by atoms with Gasteiger partial charge in [-0.15, -0.1) is 0 Å². The number of sulfone groups is 1. The number of hydrogen-bond donors (Lipinski definition) is 0. The van der Waals surface area contributed by atoms with E-state index in [-0.39, 0.29) is 10.8 Å². The van der Waals surface area contributed by atoms with Gasteiger partial charge in [-0.2, -0.15) is 0 Å². The zero-order valence-electron chi connectivity index (χ0n) is 10.8. The average Bonchev–Trinajstić information content (AvgIpc) is 2.49. The van der Waals surface area contributed by atoms with Gasteiger partial charge in [-0.05, 0) is 39.0 Å². The van der Waals surface area contributed by atoms with Crippen molar-refractivity contribution in [3.05, 3.63) is 22.7 Å². The molecule has 0 bridgehead atoms. The number of nitrogens with zero attached hydrogens (tertiary/aromatic N) is 1. The molecule has 19 heavy (non-hydrogen) atoms. The third-order valence-electron chi connectivity index (χ3n) is 2.46. The summed E-state index contributed by atoms with van der Waals surface area (Å²) in [4.78, 5) is 13.3. The number of hydrogen-bond acceptors (Lipinski definition) is 4.